The smallest absolute Gasteiger partial charge is 0.254 e. The zero-order valence-electron chi connectivity index (χ0n) is 10.8. The van der Waals surface area contributed by atoms with Crippen molar-refractivity contribution in [1.29, 1.82) is 0 Å². The fraction of sp³-hybridized carbons (Fsp3) is 0.467. The van der Waals surface area contributed by atoms with Crippen LogP contribution in [0.4, 0.5) is 0 Å². The Morgan fingerprint density at radius 1 is 1.22 bits per heavy atom. The van der Waals surface area contributed by atoms with Gasteiger partial charge in [-0.1, -0.05) is 18.2 Å². The number of carbonyl (C=O) groups excluding carboxylic acids is 2. The zero-order valence-corrected chi connectivity index (χ0v) is 10.8. The Labute approximate surface area is 108 Å². The van der Waals surface area contributed by atoms with Crippen molar-refractivity contribution < 1.29 is 9.59 Å². The molecule has 0 aromatic heterocycles. The predicted molar refractivity (Wildman–Crippen MR) is 70.4 cm³/mol. The molecule has 1 aliphatic rings. The molecule has 0 spiro atoms. The average Bonchev–Trinajstić information content (AvgIpc) is 2.39. The van der Waals surface area contributed by atoms with Crippen molar-refractivity contribution in [2.45, 2.75) is 38.6 Å². The van der Waals surface area contributed by atoms with Gasteiger partial charge in [0, 0.05) is 24.6 Å². The lowest BCUT2D eigenvalue weighted by Gasteiger charge is -2.35. The number of Topliss-reactive ketones (excluding diaryl/α,β-unsaturated/α-hetero) is 1. The van der Waals surface area contributed by atoms with Gasteiger partial charge in [0.1, 0.15) is 5.78 Å². The normalized spacial score (nSPS) is 19.6. The Bertz CT molecular complexity index is 427. The van der Waals surface area contributed by atoms with Gasteiger partial charge in [-0.3, -0.25) is 9.59 Å². The van der Waals surface area contributed by atoms with E-state index in [9.17, 15) is 9.59 Å². The second-order valence-corrected chi connectivity index (χ2v) is 4.92. The third kappa shape index (κ3) is 2.97. The minimum absolute atomic E-state index is 0.0570. The maximum absolute atomic E-state index is 12.4. The first-order chi connectivity index (χ1) is 8.68. The van der Waals surface area contributed by atoms with Gasteiger partial charge in [-0.15, -0.1) is 0 Å². The highest BCUT2D eigenvalue weighted by atomic mass is 16.2. The number of benzene rings is 1. The van der Waals surface area contributed by atoms with Crippen LogP contribution < -0.4 is 0 Å². The number of amides is 1. The highest BCUT2D eigenvalue weighted by Crippen LogP contribution is 2.22. The molecule has 3 heteroatoms. The number of carbonyl (C=O) groups is 2. The average molecular weight is 245 g/mol. The van der Waals surface area contributed by atoms with E-state index in [1.807, 2.05) is 35.2 Å². The van der Waals surface area contributed by atoms with Crippen molar-refractivity contribution >= 4 is 11.7 Å². The Kier molecular flexibility index (Phi) is 4.13. The molecule has 18 heavy (non-hydrogen) atoms. The molecule has 0 aliphatic carbocycles. The summed E-state index contributed by atoms with van der Waals surface area (Å²) in [5, 5.41) is 0. The van der Waals surface area contributed by atoms with E-state index in [1.54, 1.807) is 6.92 Å². The molecule has 0 N–H and O–H groups in total. The molecule has 3 nitrogen and oxygen atoms in total. The second kappa shape index (κ2) is 5.80. The van der Waals surface area contributed by atoms with Gasteiger partial charge in [0.2, 0.25) is 0 Å². The van der Waals surface area contributed by atoms with Gasteiger partial charge in [0.15, 0.2) is 0 Å². The van der Waals surface area contributed by atoms with E-state index < -0.39 is 0 Å². The molecule has 96 valence electrons. The number of likely N-dealkylation sites (tertiary alicyclic amines) is 1. The summed E-state index contributed by atoms with van der Waals surface area (Å²) in [5.74, 6) is 0.217. The van der Waals surface area contributed by atoms with Crippen LogP contribution in [0, 0.1) is 0 Å². The van der Waals surface area contributed by atoms with Crippen LogP contribution >= 0.6 is 0 Å². The van der Waals surface area contributed by atoms with Crippen molar-refractivity contribution in [3.05, 3.63) is 35.9 Å². The van der Waals surface area contributed by atoms with Crippen molar-refractivity contribution in [1.82, 2.24) is 4.90 Å². The molecule has 0 saturated carbocycles. The Morgan fingerprint density at radius 2 is 1.94 bits per heavy atom. The number of ketones is 1. The van der Waals surface area contributed by atoms with Crippen LogP contribution in [-0.2, 0) is 4.79 Å². The van der Waals surface area contributed by atoms with E-state index >= 15 is 0 Å². The number of rotatable bonds is 3. The van der Waals surface area contributed by atoms with Crippen molar-refractivity contribution in [3.63, 3.8) is 0 Å². The molecular weight excluding hydrogens is 226 g/mol. The summed E-state index contributed by atoms with van der Waals surface area (Å²) in [5.41, 5.74) is 0.716. The van der Waals surface area contributed by atoms with E-state index in [0.717, 1.165) is 25.8 Å². The number of nitrogens with zero attached hydrogens (tertiary/aromatic N) is 1. The van der Waals surface area contributed by atoms with E-state index in [1.165, 1.54) is 0 Å². The summed E-state index contributed by atoms with van der Waals surface area (Å²) in [6.45, 7) is 2.37. The molecule has 0 bridgehead atoms. The summed E-state index contributed by atoms with van der Waals surface area (Å²) < 4.78 is 0. The molecule has 1 fully saturated rings. The zero-order chi connectivity index (χ0) is 13.0. The largest absolute Gasteiger partial charge is 0.335 e. The molecule has 1 saturated heterocycles. The lowest BCUT2D eigenvalue weighted by atomic mass is 9.97. The molecule has 1 unspecified atom stereocenters. The third-order valence-corrected chi connectivity index (χ3v) is 3.43. The maximum atomic E-state index is 12.4. The molecule has 1 aromatic carbocycles. The van der Waals surface area contributed by atoms with Crippen molar-refractivity contribution in [3.8, 4) is 0 Å². The van der Waals surface area contributed by atoms with Crippen LogP contribution in [-0.4, -0.2) is 29.2 Å². The second-order valence-electron chi connectivity index (χ2n) is 4.92. The molecule has 1 heterocycles. The maximum Gasteiger partial charge on any atom is 0.254 e. The lowest BCUT2D eigenvalue weighted by Crippen LogP contribution is -2.44. The van der Waals surface area contributed by atoms with Crippen molar-refractivity contribution in [2.75, 3.05) is 6.54 Å². The van der Waals surface area contributed by atoms with E-state index in [4.69, 9.17) is 0 Å². The molecule has 1 aliphatic heterocycles. The highest BCUT2D eigenvalue weighted by molar-refractivity contribution is 5.94. The Morgan fingerprint density at radius 3 is 2.61 bits per heavy atom. The molecule has 1 amide bonds. The van der Waals surface area contributed by atoms with Crippen LogP contribution in [0.15, 0.2) is 30.3 Å². The van der Waals surface area contributed by atoms with Gasteiger partial charge in [0.05, 0.1) is 0 Å². The van der Waals surface area contributed by atoms with E-state index in [0.29, 0.717) is 12.0 Å². The van der Waals surface area contributed by atoms with E-state index in [-0.39, 0.29) is 17.7 Å². The van der Waals surface area contributed by atoms with Crippen LogP contribution in [0.25, 0.3) is 0 Å². The van der Waals surface area contributed by atoms with Crippen LogP contribution in [0.2, 0.25) is 0 Å². The summed E-state index contributed by atoms with van der Waals surface area (Å²) in [6.07, 6.45) is 3.57. The minimum Gasteiger partial charge on any atom is -0.335 e. The molecule has 2 rings (SSSR count). The number of hydrogen-bond donors (Lipinski definition) is 0. The summed E-state index contributed by atoms with van der Waals surface area (Å²) >= 11 is 0. The summed E-state index contributed by atoms with van der Waals surface area (Å²) in [6, 6.07) is 9.40. The van der Waals surface area contributed by atoms with Gasteiger partial charge in [-0.25, -0.2) is 0 Å². The first kappa shape index (κ1) is 12.8. The molecule has 0 radical (unpaired) electrons. The predicted octanol–water partition coefficient (Wildman–Crippen LogP) is 2.66. The topological polar surface area (TPSA) is 37.4 Å². The van der Waals surface area contributed by atoms with Gasteiger partial charge in [-0.2, -0.15) is 0 Å². The first-order valence-corrected chi connectivity index (χ1v) is 6.54. The molecular formula is C15H19NO2. The number of hydrogen-bond acceptors (Lipinski definition) is 2. The van der Waals surface area contributed by atoms with Gasteiger partial charge < -0.3 is 4.90 Å². The molecule has 1 aromatic rings. The quantitative estimate of drug-likeness (QED) is 0.821. The van der Waals surface area contributed by atoms with Crippen LogP contribution in [0.1, 0.15) is 43.0 Å². The number of piperidine rings is 1. The SMILES string of the molecule is CC(=O)CC1CCCCN1C(=O)c1ccccc1. The minimum atomic E-state index is 0.0570. The Hall–Kier alpha value is -1.64. The first-order valence-electron chi connectivity index (χ1n) is 6.54. The highest BCUT2D eigenvalue weighted by Gasteiger charge is 2.27. The monoisotopic (exact) mass is 245 g/mol. The fourth-order valence-corrected chi connectivity index (χ4v) is 2.56. The van der Waals surface area contributed by atoms with Gasteiger partial charge in [0.25, 0.3) is 5.91 Å². The van der Waals surface area contributed by atoms with Gasteiger partial charge >= 0.3 is 0 Å². The Balaban J connectivity index is 2.13. The molecule has 1 atom stereocenters. The fourth-order valence-electron chi connectivity index (χ4n) is 2.56. The standard InChI is InChI=1S/C15H19NO2/c1-12(17)11-14-9-5-6-10-16(14)15(18)13-7-3-2-4-8-13/h2-4,7-8,14H,5-6,9-11H2,1H3. The van der Waals surface area contributed by atoms with Crippen molar-refractivity contribution in [2.24, 2.45) is 0 Å². The lowest BCUT2D eigenvalue weighted by molar-refractivity contribution is -0.118. The summed E-state index contributed by atoms with van der Waals surface area (Å²) in [4.78, 5) is 25.6. The third-order valence-electron chi connectivity index (χ3n) is 3.43. The van der Waals surface area contributed by atoms with E-state index in [2.05, 4.69) is 0 Å². The van der Waals surface area contributed by atoms with Crippen LogP contribution in [0.5, 0.6) is 0 Å². The van der Waals surface area contributed by atoms with Crippen LogP contribution in [0.3, 0.4) is 0 Å². The summed E-state index contributed by atoms with van der Waals surface area (Å²) in [7, 11) is 0. The van der Waals surface area contributed by atoms with Gasteiger partial charge in [-0.05, 0) is 38.3 Å².